The number of benzene rings is 3. The van der Waals surface area contributed by atoms with E-state index in [1.807, 2.05) is 67.5 Å². The summed E-state index contributed by atoms with van der Waals surface area (Å²) in [6, 6.07) is 20.6. The molecule has 0 aliphatic carbocycles. The monoisotopic (exact) mass is 348 g/mol. The number of nitrogens with zero attached hydrogens (tertiary/aromatic N) is 1. The van der Waals surface area contributed by atoms with E-state index in [9.17, 15) is 9.59 Å². The SMILES string of the molecule is CN(C)c1cccc(C(=O)OCC(=O)Nc2ccc3ccccc3c2)c1. The largest absolute Gasteiger partial charge is 0.452 e. The molecule has 1 amide bonds. The van der Waals surface area contributed by atoms with E-state index in [2.05, 4.69) is 5.32 Å². The first-order valence-corrected chi connectivity index (χ1v) is 8.26. The molecule has 0 heterocycles. The van der Waals surface area contributed by atoms with Gasteiger partial charge in [-0.3, -0.25) is 4.79 Å². The van der Waals surface area contributed by atoms with Crippen LogP contribution < -0.4 is 10.2 Å². The van der Waals surface area contributed by atoms with Crippen LogP contribution in [0.1, 0.15) is 10.4 Å². The molecule has 0 radical (unpaired) electrons. The van der Waals surface area contributed by atoms with Gasteiger partial charge >= 0.3 is 5.97 Å². The number of nitrogens with one attached hydrogen (secondary N) is 1. The topological polar surface area (TPSA) is 58.6 Å². The molecule has 0 aromatic heterocycles. The van der Waals surface area contributed by atoms with Crippen LogP contribution >= 0.6 is 0 Å². The zero-order valence-electron chi connectivity index (χ0n) is 14.7. The third-order valence-corrected chi connectivity index (χ3v) is 3.97. The molecule has 0 saturated carbocycles. The van der Waals surface area contributed by atoms with Crippen LogP contribution in [0.4, 0.5) is 11.4 Å². The summed E-state index contributed by atoms with van der Waals surface area (Å²) >= 11 is 0. The standard InChI is InChI=1S/C21H20N2O3/c1-23(2)19-9-5-8-17(13-19)21(25)26-14-20(24)22-18-11-10-15-6-3-4-7-16(15)12-18/h3-13H,14H2,1-2H3,(H,22,24). The van der Waals surface area contributed by atoms with E-state index >= 15 is 0 Å². The number of hydrogen-bond acceptors (Lipinski definition) is 4. The van der Waals surface area contributed by atoms with Crippen LogP contribution in [0.2, 0.25) is 0 Å². The van der Waals surface area contributed by atoms with Crippen molar-refractivity contribution in [2.45, 2.75) is 0 Å². The molecule has 0 spiro atoms. The quantitative estimate of drug-likeness (QED) is 0.714. The van der Waals surface area contributed by atoms with Crippen LogP contribution in [0, 0.1) is 0 Å². The lowest BCUT2D eigenvalue weighted by Crippen LogP contribution is -2.21. The van der Waals surface area contributed by atoms with E-state index in [0.29, 0.717) is 11.3 Å². The molecule has 0 fully saturated rings. The van der Waals surface area contributed by atoms with E-state index < -0.39 is 5.97 Å². The highest BCUT2D eigenvalue weighted by atomic mass is 16.5. The maximum atomic E-state index is 12.1. The molecular formula is C21H20N2O3. The van der Waals surface area contributed by atoms with Gasteiger partial charge in [0.15, 0.2) is 6.61 Å². The van der Waals surface area contributed by atoms with Crippen molar-refractivity contribution >= 4 is 34.0 Å². The number of rotatable bonds is 5. The van der Waals surface area contributed by atoms with Crippen molar-refractivity contribution in [3.63, 3.8) is 0 Å². The number of carbonyl (C=O) groups is 2. The Hall–Kier alpha value is -3.34. The lowest BCUT2D eigenvalue weighted by atomic mass is 10.1. The van der Waals surface area contributed by atoms with E-state index in [4.69, 9.17) is 4.74 Å². The summed E-state index contributed by atoms with van der Waals surface area (Å²) in [4.78, 5) is 26.1. The molecular weight excluding hydrogens is 328 g/mol. The molecule has 5 heteroatoms. The Kier molecular flexibility index (Phi) is 5.17. The van der Waals surface area contributed by atoms with Gasteiger partial charge in [0.05, 0.1) is 5.56 Å². The van der Waals surface area contributed by atoms with Crippen molar-refractivity contribution < 1.29 is 14.3 Å². The number of hydrogen-bond donors (Lipinski definition) is 1. The predicted octanol–water partition coefficient (Wildman–Crippen LogP) is 3.70. The van der Waals surface area contributed by atoms with Crippen LogP contribution in [0.3, 0.4) is 0 Å². The molecule has 5 nitrogen and oxygen atoms in total. The van der Waals surface area contributed by atoms with Gasteiger partial charge in [-0.2, -0.15) is 0 Å². The maximum absolute atomic E-state index is 12.1. The lowest BCUT2D eigenvalue weighted by Gasteiger charge is -2.13. The molecule has 0 atom stereocenters. The van der Waals surface area contributed by atoms with Gasteiger partial charge in [-0.05, 0) is 41.1 Å². The van der Waals surface area contributed by atoms with Gasteiger partial charge in [-0.15, -0.1) is 0 Å². The summed E-state index contributed by atoms with van der Waals surface area (Å²) < 4.78 is 5.11. The van der Waals surface area contributed by atoms with Crippen LogP contribution in [0.25, 0.3) is 10.8 Å². The highest BCUT2D eigenvalue weighted by Crippen LogP contribution is 2.19. The molecule has 0 saturated heterocycles. The van der Waals surface area contributed by atoms with Crippen molar-refractivity contribution in [3.05, 3.63) is 72.3 Å². The summed E-state index contributed by atoms with van der Waals surface area (Å²) in [5, 5.41) is 4.87. The average molecular weight is 348 g/mol. The minimum Gasteiger partial charge on any atom is -0.452 e. The number of ether oxygens (including phenoxy) is 1. The maximum Gasteiger partial charge on any atom is 0.338 e. The van der Waals surface area contributed by atoms with Crippen LogP contribution in [-0.4, -0.2) is 32.6 Å². The minimum absolute atomic E-state index is 0.335. The second-order valence-electron chi connectivity index (χ2n) is 6.13. The summed E-state index contributed by atoms with van der Waals surface area (Å²) in [5.41, 5.74) is 1.97. The van der Waals surface area contributed by atoms with E-state index in [0.717, 1.165) is 16.5 Å². The average Bonchev–Trinajstić information content (AvgIpc) is 2.66. The highest BCUT2D eigenvalue weighted by Gasteiger charge is 2.11. The summed E-state index contributed by atoms with van der Waals surface area (Å²) in [6.45, 7) is -0.335. The van der Waals surface area contributed by atoms with E-state index in [1.54, 1.807) is 18.2 Å². The van der Waals surface area contributed by atoms with Gasteiger partial charge in [0.25, 0.3) is 5.91 Å². The van der Waals surface area contributed by atoms with Gasteiger partial charge < -0.3 is 15.0 Å². The lowest BCUT2D eigenvalue weighted by molar-refractivity contribution is -0.119. The van der Waals surface area contributed by atoms with Crippen molar-refractivity contribution in [2.24, 2.45) is 0 Å². The second kappa shape index (κ2) is 7.70. The molecule has 0 bridgehead atoms. The first-order valence-electron chi connectivity index (χ1n) is 8.26. The van der Waals surface area contributed by atoms with Crippen LogP contribution in [0.5, 0.6) is 0 Å². The molecule has 3 aromatic carbocycles. The Bertz CT molecular complexity index is 951. The molecule has 3 rings (SSSR count). The van der Waals surface area contributed by atoms with Gasteiger partial charge in [-0.25, -0.2) is 4.79 Å². The van der Waals surface area contributed by atoms with Crippen molar-refractivity contribution in [2.75, 3.05) is 30.9 Å². The molecule has 0 aliphatic rings. The summed E-state index contributed by atoms with van der Waals surface area (Å²) in [6.07, 6.45) is 0. The fourth-order valence-electron chi connectivity index (χ4n) is 2.59. The Morgan fingerprint density at radius 3 is 2.46 bits per heavy atom. The predicted molar refractivity (Wildman–Crippen MR) is 104 cm³/mol. The van der Waals surface area contributed by atoms with Crippen molar-refractivity contribution in [3.8, 4) is 0 Å². The van der Waals surface area contributed by atoms with Crippen molar-refractivity contribution in [1.29, 1.82) is 0 Å². The number of fused-ring (bicyclic) bond motifs is 1. The highest BCUT2D eigenvalue weighted by molar-refractivity contribution is 5.97. The normalized spacial score (nSPS) is 10.4. The molecule has 26 heavy (non-hydrogen) atoms. The van der Waals surface area contributed by atoms with E-state index in [-0.39, 0.29) is 12.5 Å². The molecule has 0 aliphatic heterocycles. The third kappa shape index (κ3) is 4.19. The third-order valence-electron chi connectivity index (χ3n) is 3.97. The van der Waals surface area contributed by atoms with Crippen LogP contribution in [-0.2, 0) is 9.53 Å². The van der Waals surface area contributed by atoms with Gasteiger partial charge in [0.2, 0.25) is 0 Å². The molecule has 0 unspecified atom stereocenters. The Balaban J connectivity index is 1.59. The Morgan fingerprint density at radius 1 is 0.923 bits per heavy atom. The molecule has 132 valence electrons. The fourth-order valence-corrected chi connectivity index (χ4v) is 2.59. The van der Waals surface area contributed by atoms with Gasteiger partial charge in [-0.1, -0.05) is 36.4 Å². The Labute approximate surface area is 152 Å². The zero-order chi connectivity index (χ0) is 18.5. The van der Waals surface area contributed by atoms with Gasteiger partial charge in [0, 0.05) is 25.5 Å². The number of amides is 1. The minimum atomic E-state index is -0.526. The first-order chi connectivity index (χ1) is 12.5. The summed E-state index contributed by atoms with van der Waals surface area (Å²) in [5.74, 6) is -0.903. The number of anilines is 2. The molecule has 1 N–H and O–H groups in total. The fraction of sp³-hybridized carbons (Fsp3) is 0.143. The second-order valence-corrected chi connectivity index (χ2v) is 6.13. The Morgan fingerprint density at radius 2 is 1.69 bits per heavy atom. The smallest absolute Gasteiger partial charge is 0.338 e. The summed E-state index contributed by atoms with van der Waals surface area (Å²) in [7, 11) is 3.78. The van der Waals surface area contributed by atoms with E-state index in [1.165, 1.54) is 0 Å². The van der Waals surface area contributed by atoms with Crippen LogP contribution in [0.15, 0.2) is 66.7 Å². The number of esters is 1. The molecule has 3 aromatic rings. The number of carbonyl (C=O) groups excluding carboxylic acids is 2. The first kappa shape index (κ1) is 17.5. The van der Waals surface area contributed by atoms with Crippen molar-refractivity contribution in [1.82, 2.24) is 0 Å². The zero-order valence-corrected chi connectivity index (χ0v) is 14.7. The van der Waals surface area contributed by atoms with Gasteiger partial charge in [0.1, 0.15) is 0 Å².